The van der Waals surface area contributed by atoms with E-state index in [-0.39, 0.29) is 6.61 Å². The SMILES string of the molecule is CN1[C@H]2Cc3c([nH]c4ccccc34)[C@@H]1Cc1c(CCO)cncc12. The summed E-state index contributed by atoms with van der Waals surface area (Å²) in [6.45, 7) is 0.181. The Balaban J connectivity index is 1.70. The molecule has 0 saturated carbocycles. The van der Waals surface area contributed by atoms with Crippen LogP contribution in [-0.2, 0) is 19.3 Å². The van der Waals surface area contributed by atoms with Crippen LogP contribution < -0.4 is 0 Å². The Morgan fingerprint density at radius 2 is 2.00 bits per heavy atom. The zero-order chi connectivity index (χ0) is 16.3. The smallest absolute Gasteiger partial charge is 0.0545 e. The quantitative estimate of drug-likeness (QED) is 0.763. The number of aliphatic hydroxyl groups is 1. The Morgan fingerprint density at radius 1 is 1.17 bits per heavy atom. The average Bonchev–Trinajstić information content (AvgIpc) is 2.95. The third-order valence-corrected chi connectivity index (χ3v) is 5.88. The average molecular weight is 319 g/mol. The lowest BCUT2D eigenvalue weighted by Crippen LogP contribution is -2.41. The molecule has 0 aliphatic carbocycles. The van der Waals surface area contributed by atoms with Gasteiger partial charge in [-0.2, -0.15) is 0 Å². The molecule has 2 aliphatic heterocycles. The summed E-state index contributed by atoms with van der Waals surface area (Å²) in [6.07, 6.45) is 6.66. The minimum Gasteiger partial charge on any atom is -0.396 e. The number of hydrogen-bond acceptors (Lipinski definition) is 3. The highest BCUT2D eigenvalue weighted by Crippen LogP contribution is 2.48. The van der Waals surface area contributed by atoms with Gasteiger partial charge in [-0.25, -0.2) is 0 Å². The lowest BCUT2D eigenvalue weighted by Gasteiger charge is -2.45. The predicted octanol–water partition coefficient (Wildman–Crippen LogP) is 2.92. The number of para-hydroxylation sites is 1. The molecule has 0 radical (unpaired) electrons. The molecular formula is C20H21N3O. The molecule has 4 heterocycles. The number of aromatic nitrogens is 2. The van der Waals surface area contributed by atoms with Crippen LogP contribution in [0.1, 0.15) is 40.0 Å². The molecule has 2 atom stereocenters. The second-order valence-corrected chi connectivity index (χ2v) is 7.01. The maximum atomic E-state index is 9.38. The van der Waals surface area contributed by atoms with Crippen molar-refractivity contribution in [3.63, 3.8) is 0 Å². The number of H-pyrrole nitrogens is 1. The van der Waals surface area contributed by atoms with E-state index in [4.69, 9.17) is 0 Å². The van der Waals surface area contributed by atoms with Gasteiger partial charge in [0.25, 0.3) is 0 Å². The van der Waals surface area contributed by atoms with Gasteiger partial charge in [-0.3, -0.25) is 9.88 Å². The van der Waals surface area contributed by atoms with E-state index in [1.54, 1.807) is 0 Å². The molecule has 0 amide bonds. The van der Waals surface area contributed by atoms with E-state index in [9.17, 15) is 5.11 Å². The molecule has 5 rings (SSSR count). The van der Waals surface area contributed by atoms with Crippen LogP contribution in [0, 0.1) is 0 Å². The molecule has 3 aromatic rings. The van der Waals surface area contributed by atoms with Gasteiger partial charge in [0.05, 0.1) is 6.04 Å². The number of hydrogen-bond donors (Lipinski definition) is 2. The van der Waals surface area contributed by atoms with Gasteiger partial charge in [-0.1, -0.05) is 18.2 Å². The maximum absolute atomic E-state index is 9.38. The van der Waals surface area contributed by atoms with E-state index in [0.717, 1.165) is 12.8 Å². The Hall–Kier alpha value is -2.17. The van der Waals surface area contributed by atoms with Crippen molar-refractivity contribution < 1.29 is 5.11 Å². The van der Waals surface area contributed by atoms with E-state index in [2.05, 4.69) is 46.2 Å². The first kappa shape index (κ1) is 14.2. The number of nitrogens with one attached hydrogen (secondary N) is 1. The molecule has 2 bridgehead atoms. The summed E-state index contributed by atoms with van der Waals surface area (Å²) in [4.78, 5) is 10.6. The first-order valence-electron chi connectivity index (χ1n) is 8.66. The van der Waals surface area contributed by atoms with E-state index in [1.165, 1.54) is 38.9 Å². The predicted molar refractivity (Wildman–Crippen MR) is 94.0 cm³/mol. The summed E-state index contributed by atoms with van der Waals surface area (Å²) in [5, 5.41) is 10.7. The monoisotopic (exact) mass is 319 g/mol. The maximum Gasteiger partial charge on any atom is 0.0545 e. The number of rotatable bonds is 2. The van der Waals surface area contributed by atoms with Crippen molar-refractivity contribution >= 4 is 10.9 Å². The van der Waals surface area contributed by atoms with E-state index >= 15 is 0 Å². The summed E-state index contributed by atoms with van der Waals surface area (Å²) < 4.78 is 0. The summed E-state index contributed by atoms with van der Waals surface area (Å²) in [7, 11) is 2.23. The Morgan fingerprint density at radius 3 is 2.88 bits per heavy atom. The third kappa shape index (κ3) is 1.84. The molecule has 122 valence electrons. The van der Waals surface area contributed by atoms with Gasteiger partial charge in [0.2, 0.25) is 0 Å². The summed E-state index contributed by atoms with van der Waals surface area (Å²) in [6, 6.07) is 9.36. The Kier molecular flexibility index (Phi) is 3.05. The fourth-order valence-corrected chi connectivity index (χ4v) is 4.67. The molecule has 24 heavy (non-hydrogen) atoms. The molecule has 2 aliphatic rings. The molecular weight excluding hydrogens is 298 g/mol. The lowest BCUT2D eigenvalue weighted by molar-refractivity contribution is 0.135. The van der Waals surface area contributed by atoms with Gasteiger partial charge >= 0.3 is 0 Å². The molecule has 0 spiro atoms. The lowest BCUT2D eigenvalue weighted by atomic mass is 9.78. The summed E-state index contributed by atoms with van der Waals surface area (Å²) in [5.41, 5.74) is 8.02. The topological polar surface area (TPSA) is 52.2 Å². The minimum atomic E-state index is 0.181. The van der Waals surface area contributed by atoms with Crippen LogP contribution in [0.2, 0.25) is 0 Å². The van der Waals surface area contributed by atoms with Crippen LogP contribution in [0.15, 0.2) is 36.7 Å². The minimum absolute atomic E-state index is 0.181. The van der Waals surface area contributed by atoms with Crippen molar-refractivity contribution in [3.05, 3.63) is 64.6 Å². The van der Waals surface area contributed by atoms with Crippen LogP contribution in [0.3, 0.4) is 0 Å². The van der Waals surface area contributed by atoms with Crippen molar-refractivity contribution in [2.24, 2.45) is 0 Å². The fraction of sp³-hybridized carbons (Fsp3) is 0.350. The second-order valence-electron chi connectivity index (χ2n) is 7.01. The number of aliphatic hydroxyl groups excluding tert-OH is 1. The zero-order valence-electron chi connectivity index (χ0n) is 13.8. The Bertz CT molecular complexity index is 930. The van der Waals surface area contributed by atoms with Crippen molar-refractivity contribution in [3.8, 4) is 0 Å². The number of aromatic amines is 1. The molecule has 4 heteroatoms. The summed E-state index contributed by atoms with van der Waals surface area (Å²) >= 11 is 0. The van der Waals surface area contributed by atoms with Gasteiger partial charge in [0, 0.05) is 41.6 Å². The molecule has 1 aromatic carbocycles. The number of fused-ring (bicyclic) bond motifs is 8. The van der Waals surface area contributed by atoms with Crippen LogP contribution in [-0.4, -0.2) is 33.6 Å². The van der Waals surface area contributed by atoms with Gasteiger partial charge < -0.3 is 10.1 Å². The normalized spacial score (nSPS) is 22.4. The molecule has 2 N–H and O–H groups in total. The van der Waals surface area contributed by atoms with Crippen LogP contribution in [0.4, 0.5) is 0 Å². The fourth-order valence-electron chi connectivity index (χ4n) is 4.67. The van der Waals surface area contributed by atoms with Crippen LogP contribution in [0.5, 0.6) is 0 Å². The van der Waals surface area contributed by atoms with Crippen LogP contribution in [0.25, 0.3) is 10.9 Å². The highest BCUT2D eigenvalue weighted by atomic mass is 16.2. The van der Waals surface area contributed by atoms with Gasteiger partial charge in [-0.15, -0.1) is 0 Å². The molecule has 0 saturated heterocycles. The second kappa shape index (κ2) is 5.16. The first-order valence-corrected chi connectivity index (χ1v) is 8.66. The highest BCUT2D eigenvalue weighted by molar-refractivity contribution is 5.85. The number of nitrogens with zero attached hydrogens (tertiary/aromatic N) is 2. The first-order chi connectivity index (χ1) is 11.8. The van der Waals surface area contributed by atoms with Gasteiger partial charge in [-0.05, 0) is 54.6 Å². The third-order valence-electron chi connectivity index (χ3n) is 5.88. The largest absolute Gasteiger partial charge is 0.396 e. The molecule has 0 unspecified atom stereocenters. The van der Waals surface area contributed by atoms with Gasteiger partial charge in [0.15, 0.2) is 0 Å². The van der Waals surface area contributed by atoms with Crippen molar-refractivity contribution in [2.75, 3.05) is 13.7 Å². The standard InChI is InChI=1S/C20H21N3O/c1-23-18-9-15-13-4-2-3-5-17(13)22-20(15)19(23)8-14-12(6-7-24)10-21-11-16(14)18/h2-5,10-11,18-19,22,24H,6-9H2,1H3/t18-,19-/m0/s1. The van der Waals surface area contributed by atoms with E-state index in [0.29, 0.717) is 18.5 Å². The number of likely N-dealkylation sites (N-methyl/N-ethyl adjacent to an activating group) is 1. The molecule has 4 nitrogen and oxygen atoms in total. The van der Waals surface area contributed by atoms with Crippen molar-refractivity contribution in [1.29, 1.82) is 0 Å². The van der Waals surface area contributed by atoms with Crippen molar-refractivity contribution in [2.45, 2.75) is 31.3 Å². The number of pyridine rings is 1. The summed E-state index contributed by atoms with van der Waals surface area (Å²) in [5.74, 6) is 0. The number of benzene rings is 1. The molecule has 0 fully saturated rings. The van der Waals surface area contributed by atoms with Gasteiger partial charge in [0.1, 0.15) is 0 Å². The Labute approximate surface area is 141 Å². The van der Waals surface area contributed by atoms with E-state index in [1.807, 2.05) is 12.4 Å². The van der Waals surface area contributed by atoms with Crippen LogP contribution >= 0.6 is 0 Å². The van der Waals surface area contributed by atoms with E-state index < -0.39 is 0 Å². The van der Waals surface area contributed by atoms with Crippen molar-refractivity contribution in [1.82, 2.24) is 14.9 Å². The zero-order valence-corrected chi connectivity index (χ0v) is 13.8. The highest BCUT2D eigenvalue weighted by Gasteiger charge is 2.40. The molecule has 2 aromatic heterocycles.